The van der Waals surface area contributed by atoms with E-state index >= 15 is 0 Å². The number of fused-ring (bicyclic) bond motifs is 1. The number of benzene rings is 3. The smallest absolute Gasteiger partial charge is 0.343 e. The van der Waals surface area contributed by atoms with Gasteiger partial charge in [-0.1, -0.05) is 40.2 Å². The van der Waals surface area contributed by atoms with Gasteiger partial charge in [0, 0.05) is 17.0 Å². The van der Waals surface area contributed by atoms with E-state index in [-0.39, 0.29) is 0 Å². The first-order chi connectivity index (χ1) is 12.2. The van der Waals surface area contributed by atoms with Crippen LogP contribution in [0, 0.1) is 0 Å². The predicted octanol–water partition coefficient (Wildman–Crippen LogP) is 4.85. The number of methoxy groups -OCH3 is 1. The van der Waals surface area contributed by atoms with Crippen molar-refractivity contribution in [1.82, 2.24) is 0 Å². The van der Waals surface area contributed by atoms with Gasteiger partial charge in [0.2, 0.25) is 0 Å². The van der Waals surface area contributed by atoms with Gasteiger partial charge in [-0.3, -0.25) is 0 Å². The second-order valence-electron chi connectivity index (χ2n) is 5.35. The summed E-state index contributed by atoms with van der Waals surface area (Å²) < 4.78 is 17.0. The van der Waals surface area contributed by atoms with Crippen molar-refractivity contribution in [3.63, 3.8) is 0 Å². The van der Waals surface area contributed by atoms with E-state index in [1.165, 1.54) is 0 Å². The molecule has 25 heavy (non-hydrogen) atoms. The first-order valence-corrected chi connectivity index (χ1v) is 8.59. The summed E-state index contributed by atoms with van der Waals surface area (Å²) in [5.41, 5.74) is 0.464. The van der Waals surface area contributed by atoms with Crippen molar-refractivity contribution in [2.75, 3.05) is 20.3 Å². The van der Waals surface area contributed by atoms with Gasteiger partial charge >= 0.3 is 5.97 Å². The van der Waals surface area contributed by atoms with Gasteiger partial charge in [-0.2, -0.15) is 0 Å². The number of hydrogen-bond donors (Lipinski definition) is 0. The maximum Gasteiger partial charge on any atom is 0.343 e. The lowest BCUT2D eigenvalue weighted by Gasteiger charge is -2.10. The summed E-state index contributed by atoms with van der Waals surface area (Å²) in [5.74, 6) is 0.808. The first kappa shape index (κ1) is 17.5. The second kappa shape index (κ2) is 8.14. The Kier molecular flexibility index (Phi) is 5.68. The lowest BCUT2D eigenvalue weighted by atomic mass is 10.1. The van der Waals surface area contributed by atoms with Crippen molar-refractivity contribution in [3.05, 3.63) is 70.7 Å². The summed E-state index contributed by atoms with van der Waals surface area (Å²) in [4.78, 5) is 12.4. The van der Waals surface area contributed by atoms with E-state index in [9.17, 15) is 4.79 Å². The van der Waals surface area contributed by atoms with Crippen molar-refractivity contribution >= 4 is 32.7 Å². The number of ether oxygens (including phenoxy) is 3. The van der Waals surface area contributed by atoms with Crippen LogP contribution in [0.4, 0.5) is 0 Å². The Hall–Kier alpha value is -2.37. The van der Waals surface area contributed by atoms with Crippen LogP contribution in [0.1, 0.15) is 10.4 Å². The minimum atomic E-state index is -0.407. The molecule has 0 atom stereocenters. The molecular formula is C20H17BrO4. The fraction of sp³-hybridized carbons (Fsp3) is 0.150. The Balaban J connectivity index is 1.75. The van der Waals surface area contributed by atoms with Crippen LogP contribution in [0.3, 0.4) is 0 Å². The van der Waals surface area contributed by atoms with E-state index in [0.717, 1.165) is 15.2 Å². The highest BCUT2D eigenvalue weighted by Gasteiger charge is 2.12. The molecule has 0 aliphatic carbocycles. The molecule has 0 aliphatic rings. The van der Waals surface area contributed by atoms with Crippen LogP contribution in [0.5, 0.6) is 11.5 Å². The monoisotopic (exact) mass is 400 g/mol. The summed E-state index contributed by atoms with van der Waals surface area (Å²) in [6, 6.07) is 18.3. The minimum absolute atomic E-state index is 0.407. The molecule has 0 N–H and O–H groups in total. The average Bonchev–Trinajstić information content (AvgIpc) is 2.65. The molecule has 4 nitrogen and oxygen atoms in total. The highest BCUT2D eigenvalue weighted by Crippen LogP contribution is 2.32. The van der Waals surface area contributed by atoms with Gasteiger partial charge in [0.05, 0.1) is 12.2 Å². The topological polar surface area (TPSA) is 44.8 Å². The highest BCUT2D eigenvalue weighted by molar-refractivity contribution is 9.10. The fourth-order valence-corrected chi connectivity index (χ4v) is 2.89. The summed E-state index contributed by atoms with van der Waals surface area (Å²) in [6.07, 6.45) is 0. The Bertz CT molecular complexity index is 875. The third-order valence-corrected chi connectivity index (χ3v) is 4.37. The number of carbonyl (C=O) groups excluding carboxylic acids is 1. The van der Waals surface area contributed by atoms with Crippen LogP contribution in [0.2, 0.25) is 0 Å². The van der Waals surface area contributed by atoms with Crippen molar-refractivity contribution in [2.24, 2.45) is 0 Å². The second-order valence-corrected chi connectivity index (χ2v) is 6.20. The number of halogens is 1. The summed E-state index contributed by atoms with van der Waals surface area (Å²) in [7, 11) is 1.62. The van der Waals surface area contributed by atoms with Crippen LogP contribution in [-0.4, -0.2) is 26.3 Å². The molecule has 0 spiro atoms. The molecule has 0 saturated carbocycles. The maximum absolute atomic E-state index is 12.4. The Morgan fingerprint density at radius 2 is 1.64 bits per heavy atom. The van der Waals surface area contributed by atoms with Crippen molar-refractivity contribution in [1.29, 1.82) is 0 Å². The van der Waals surface area contributed by atoms with Crippen LogP contribution >= 0.6 is 15.9 Å². The molecule has 5 heteroatoms. The van der Waals surface area contributed by atoms with Crippen LogP contribution in [0.25, 0.3) is 10.8 Å². The molecule has 0 unspecified atom stereocenters. The molecule has 3 rings (SSSR count). The number of carbonyl (C=O) groups is 1. The largest absolute Gasteiger partial charge is 0.491 e. The van der Waals surface area contributed by atoms with Crippen LogP contribution < -0.4 is 9.47 Å². The average molecular weight is 401 g/mol. The van der Waals surface area contributed by atoms with E-state index in [0.29, 0.717) is 30.3 Å². The lowest BCUT2D eigenvalue weighted by Crippen LogP contribution is -2.09. The standard InChI is InChI=1S/C20H17BrO4/c1-23-12-13-24-15-8-6-14(7-9-15)20(22)25-19-11-10-18(21)16-4-2-3-5-17(16)19/h2-11H,12-13H2,1H3. The first-order valence-electron chi connectivity index (χ1n) is 7.80. The quantitative estimate of drug-likeness (QED) is 0.337. The maximum atomic E-state index is 12.4. The fourth-order valence-electron chi connectivity index (χ4n) is 2.41. The minimum Gasteiger partial charge on any atom is -0.491 e. The molecule has 0 bridgehead atoms. The zero-order valence-corrected chi connectivity index (χ0v) is 15.3. The van der Waals surface area contributed by atoms with E-state index < -0.39 is 5.97 Å². The zero-order chi connectivity index (χ0) is 17.6. The van der Waals surface area contributed by atoms with E-state index in [1.807, 2.05) is 30.3 Å². The van der Waals surface area contributed by atoms with Gasteiger partial charge in [-0.15, -0.1) is 0 Å². The molecule has 0 aliphatic heterocycles. The summed E-state index contributed by atoms with van der Waals surface area (Å²) in [5, 5.41) is 1.87. The van der Waals surface area contributed by atoms with Crippen molar-refractivity contribution in [3.8, 4) is 11.5 Å². The highest BCUT2D eigenvalue weighted by atomic mass is 79.9. The van der Waals surface area contributed by atoms with Crippen LogP contribution in [0.15, 0.2) is 65.1 Å². The SMILES string of the molecule is COCCOc1ccc(C(=O)Oc2ccc(Br)c3ccccc23)cc1. The molecule has 0 aromatic heterocycles. The van der Waals surface area contributed by atoms with Crippen molar-refractivity contribution in [2.45, 2.75) is 0 Å². The van der Waals surface area contributed by atoms with Gasteiger partial charge in [0.15, 0.2) is 0 Å². The molecule has 0 amide bonds. The summed E-state index contributed by atoms with van der Waals surface area (Å²) >= 11 is 3.51. The third kappa shape index (κ3) is 4.18. The van der Waals surface area contributed by atoms with Gasteiger partial charge in [0.1, 0.15) is 18.1 Å². The normalized spacial score (nSPS) is 10.6. The van der Waals surface area contributed by atoms with Gasteiger partial charge < -0.3 is 14.2 Å². The summed E-state index contributed by atoms with van der Waals surface area (Å²) in [6.45, 7) is 0.978. The van der Waals surface area contributed by atoms with Crippen molar-refractivity contribution < 1.29 is 19.0 Å². The van der Waals surface area contributed by atoms with Crippen LogP contribution in [-0.2, 0) is 4.74 Å². The van der Waals surface area contributed by atoms with E-state index in [1.54, 1.807) is 37.4 Å². The van der Waals surface area contributed by atoms with Gasteiger partial charge in [-0.05, 0) is 41.8 Å². The van der Waals surface area contributed by atoms with E-state index in [4.69, 9.17) is 14.2 Å². The third-order valence-electron chi connectivity index (χ3n) is 3.68. The Morgan fingerprint density at radius 3 is 2.36 bits per heavy atom. The molecule has 128 valence electrons. The number of hydrogen-bond acceptors (Lipinski definition) is 4. The number of esters is 1. The molecule has 3 aromatic rings. The molecule has 3 aromatic carbocycles. The molecule has 0 heterocycles. The van der Waals surface area contributed by atoms with E-state index in [2.05, 4.69) is 15.9 Å². The predicted molar refractivity (Wildman–Crippen MR) is 100 cm³/mol. The molecule has 0 radical (unpaired) electrons. The van der Waals surface area contributed by atoms with Gasteiger partial charge in [-0.25, -0.2) is 4.79 Å². The lowest BCUT2D eigenvalue weighted by molar-refractivity contribution is 0.0737. The Morgan fingerprint density at radius 1 is 0.920 bits per heavy atom. The molecule has 0 saturated heterocycles. The Labute approximate surface area is 154 Å². The number of rotatable bonds is 6. The molecular weight excluding hydrogens is 384 g/mol. The van der Waals surface area contributed by atoms with Gasteiger partial charge in [0.25, 0.3) is 0 Å². The molecule has 0 fully saturated rings. The zero-order valence-electron chi connectivity index (χ0n) is 13.7.